The first kappa shape index (κ1) is 19.8. The molecular weight excluding hydrogens is 401 g/mol. The summed E-state index contributed by atoms with van der Waals surface area (Å²) in [7, 11) is 0. The first-order chi connectivity index (χ1) is 14.3. The number of hydrogen-bond acceptors (Lipinski definition) is 4. The summed E-state index contributed by atoms with van der Waals surface area (Å²) < 4.78 is 49.9. The van der Waals surface area contributed by atoms with Crippen LogP contribution < -0.4 is 20.1 Å². The van der Waals surface area contributed by atoms with E-state index in [2.05, 4.69) is 10.6 Å². The normalized spacial score (nSPS) is 17.0. The Kier molecular flexibility index (Phi) is 5.11. The Labute approximate surface area is 169 Å². The number of rotatable bonds is 2. The number of hydrogen-bond donors (Lipinski definition) is 2. The van der Waals surface area contributed by atoms with Gasteiger partial charge >= 0.3 is 6.18 Å². The van der Waals surface area contributed by atoms with Crippen molar-refractivity contribution in [3.8, 4) is 11.5 Å². The van der Waals surface area contributed by atoms with E-state index in [0.717, 1.165) is 12.1 Å². The van der Waals surface area contributed by atoms with E-state index in [1.165, 1.54) is 12.1 Å². The molecule has 0 spiro atoms. The Hall–Kier alpha value is -3.49. The van der Waals surface area contributed by atoms with E-state index in [4.69, 9.17) is 9.47 Å². The first-order valence-electron chi connectivity index (χ1n) is 9.23. The molecule has 0 saturated heterocycles. The predicted octanol–water partition coefficient (Wildman–Crippen LogP) is 4.23. The minimum atomic E-state index is -4.48. The molecule has 2 amide bonds. The highest BCUT2D eigenvalue weighted by Gasteiger charge is 2.32. The molecule has 2 aromatic rings. The predicted molar refractivity (Wildman–Crippen MR) is 103 cm³/mol. The van der Waals surface area contributed by atoms with Crippen LogP contribution in [-0.4, -0.2) is 25.0 Å². The van der Waals surface area contributed by atoms with Gasteiger partial charge in [-0.05, 0) is 42.7 Å². The van der Waals surface area contributed by atoms with Crippen molar-refractivity contribution in [1.29, 1.82) is 0 Å². The van der Waals surface area contributed by atoms with Crippen molar-refractivity contribution in [2.45, 2.75) is 19.0 Å². The van der Waals surface area contributed by atoms with E-state index in [0.29, 0.717) is 41.1 Å². The molecule has 2 aromatic carbocycles. The van der Waals surface area contributed by atoms with Crippen LogP contribution in [0.25, 0.3) is 5.57 Å². The minimum absolute atomic E-state index is 0.101. The van der Waals surface area contributed by atoms with Crippen LogP contribution in [0.1, 0.15) is 24.0 Å². The zero-order chi connectivity index (χ0) is 21.3. The van der Waals surface area contributed by atoms with Gasteiger partial charge in [-0.3, -0.25) is 9.59 Å². The standard InChI is InChI=1S/C21H17F3N2O4/c22-21(23,24)13-6-7-14-12(3-2-8-29-17(14)10-13)9-18(27)25-15-4-1-5-16-20(15)30-11-19(28)26-16/h1,4-7,9-10H,2-3,8,11H2,(H,25,27)(H,26,28). The van der Waals surface area contributed by atoms with Gasteiger partial charge in [-0.25, -0.2) is 0 Å². The van der Waals surface area contributed by atoms with Crippen molar-refractivity contribution >= 4 is 28.8 Å². The van der Waals surface area contributed by atoms with Crippen molar-refractivity contribution in [3.63, 3.8) is 0 Å². The zero-order valence-corrected chi connectivity index (χ0v) is 15.6. The quantitative estimate of drug-likeness (QED) is 0.716. The molecule has 6 nitrogen and oxygen atoms in total. The summed E-state index contributed by atoms with van der Waals surface area (Å²) in [5.41, 5.74) is 1.06. The Morgan fingerprint density at radius 1 is 1.17 bits per heavy atom. The number of fused-ring (bicyclic) bond motifs is 2. The maximum Gasteiger partial charge on any atom is 0.416 e. The number of carbonyl (C=O) groups excluding carboxylic acids is 2. The number of benzene rings is 2. The van der Waals surface area contributed by atoms with Crippen molar-refractivity contribution in [2.24, 2.45) is 0 Å². The second-order valence-corrected chi connectivity index (χ2v) is 6.84. The first-order valence-corrected chi connectivity index (χ1v) is 9.23. The fraction of sp³-hybridized carbons (Fsp3) is 0.238. The van der Waals surface area contributed by atoms with Crippen molar-refractivity contribution in [3.05, 3.63) is 53.6 Å². The molecule has 2 heterocycles. The molecule has 0 fully saturated rings. The number of allylic oxidation sites excluding steroid dienone is 1. The lowest BCUT2D eigenvalue weighted by atomic mass is 9.99. The fourth-order valence-electron chi connectivity index (χ4n) is 3.35. The van der Waals surface area contributed by atoms with Crippen molar-refractivity contribution < 1.29 is 32.2 Å². The molecule has 0 saturated carbocycles. The molecule has 0 aliphatic carbocycles. The zero-order valence-electron chi connectivity index (χ0n) is 15.6. The summed E-state index contributed by atoms with van der Waals surface area (Å²) in [5, 5.41) is 5.36. The monoisotopic (exact) mass is 418 g/mol. The Morgan fingerprint density at radius 3 is 2.80 bits per heavy atom. The molecule has 0 unspecified atom stereocenters. The second-order valence-electron chi connectivity index (χ2n) is 6.84. The largest absolute Gasteiger partial charge is 0.493 e. The van der Waals surface area contributed by atoms with Crippen LogP contribution >= 0.6 is 0 Å². The van der Waals surface area contributed by atoms with Gasteiger partial charge in [0.1, 0.15) is 5.75 Å². The highest BCUT2D eigenvalue weighted by molar-refractivity contribution is 6.06. The molecule has 9 heteroatoms. The number of amides is 2. The van der Waals surface area contributed by atoms with Gasteiger partial charge in [0.05, 0.1) is 23.5 Å². The molecule has 30 heavy (non-hydrogen) atoms. The molecule has 2 aliphatic rings. The molecule has 0 atom stereocenters. The van der Waals surface area contributed by atoms with Crippen LogP contribution in [0.15, 0.2) is 42.5 Å². The molecule has 0 aromatic heterocycles. The number of alkyl halides is 3. The van der Waals surface area contributed by atoms with Crippen LogP contribution in [0.5, 0.6) is 11.5 Å². The molecule has 4 rings (SSSR count). The fourth-order valence-corrected chi connectivity index (χ4v) is 3.35. The summed E-state index contributed by atoms with van der Waals surface area (Å²) in [4.78, 5) is 24.1. The maximum absolute atomic E-state index is 13.0. The van der Waals surface area contributed by atoms with Crippen molar-refractivity contribution in [1.82, 2.24) is 0 Å². The van der Waals surface area contributed by atoms with Crippen LogP contribution in [0.4, 0.5) is 24.5 Å². The third-order valence-corrected chi connectivity index (χ3v) is 4.70. The van der Waals surface area contributed by atoms with E-state index in [1.807, 2.05) is 0 Å². The van der Waals surface area contributed by atoms with E-state index in [9.17, 15) is 22.8 Å². The number of halogens is 3. The molecule has 2 aliphatic heterocycles. The lowest BCUT2D eigenvalue weighted by molar-refractivity contribution is -0.137. The average Bonchev–Trinajstić information content (AvgIpc) is 2.89. The highest BCUT2D eigenvalue weighted by atomic mass is 19.4. The van der Waals surface area contributed by atoms with Gasteiger partial charge in [-0.15, -0.1) is 0 Å². The average molecular weight is 418 g/mol. The maximum atomic E-state index is 13.0. The van der Waals surface area contributed by atoms with E-state index in [-0.39, 0.29) is 24.9 Å². The molecule has 2 N–H and O–H groups in total. The smallest absolute Gasteiger partial charge is 0.416 e. The molecular formula is C21H17F3N2O4. The third kappa shape index (κ3) is 4.10. The topological polar surface area (TPSA) is 76.7 Å². The van der Waals surface area contributed by atoms with Gasteiger partial charge in [-0.2, -0.15) is 13.2 Å². The van der Waals surface area contributed by atoms with Gasteiger partial charge in [0.2, 0.25) is 5.91 Å². The Balaban J connectivity index is 1.61. The SMILES string of the molecule is O=C(C=C1CCCOc2cc(C(F)(F)F)ccc21)Nc1cccc2c1OCC(=O)N2. The van der Waals surface area contributed by atoms with Crippen LogP contribution in [0, 0.1) is 0 Å². The van der Waals surface area contributed by atoms with Crippen molar-refractivity contribution in [2.75, 3.05) is 23.8 Å². The molecule has 0 bridgehead atoms. The van der Waals surface area contributed by atoms with Gasteiger partial charge in [0.15, 0.2) is 12.4 Å². The summed E-state index contributed by atoms with van der Waals surface area (Å²) in [5.74, 6) is -0.305. The summed E-state index contributed by atoms with van der Waals surface area (Å²) in [6.45, 7) is 0.0974. The van der Waals surface area contributed by atoms with E-state index < -0.39 is 17.6 Å². The number of carbonyl (C=O) groups is 2. The van der Waals surface area contributed by atoms with E-state index in [1.54, 1.807) is 18.2 Å². The number of anilines is 2. The van der Waals surface area contributed by atoms with Crippen LogP contribution in [0.3, 0.4) is 0 Å². The molecule has 156 valence electrons. The Bertz CT molecular complexity index is 1050. The number of ether oxygens (including phenoxy) is 2. The highest BCUT2D eigenvalue weighted by Crippen LogP contribution is 2.39. The Morgan fingerprint density at radius 2 is 2.00 bits per heavy atom. The summed E-state index contributed by atoms with van der Waals surface area (Å²) in [6.07, 6.45) is -2.09. The van der Waals surface area contributed by atoms with Crippen LogP contribution in [-0.2, 0) is 15.8 Å². The number of para-hydroxylation sites is 1. The molecule has 0 radical (unpaired) electrons. The van der Waals surface area contributed by atoms with E-state index >= 15 is 0 Å². The van der Waals surface area contributed by atoms with Gasteiger partial charge in [0.25, 0.3) is 5.91 Å². The van der Waals surface area contributed by atoms with Gasteiger partial charge in [0, 0.05) is 11.6 Å². The summed E-state index contributed by atoms with van der Waals surface area (Å²) in [6, 6.07) is 8.19. The second kappa shape index (κ2) is 7.74. The lowest BCUT2D eigenvalue weighted by Crippen LogP contribution is -2.26. The van der Waals surface area contributed by atoms with Crippen LogP contribution in [0.2, 0.25) is 0 Å². The minimum Gasteiger partial charge on any atom is -0.493 e. The summed E-state index contributed by atoms with van der Waals surface area (Å²) >= 11 is 0. The van der Waals surface area contributed by atoms with Gasteiger partial charge in [-0.1, -0.05) is 12.1 Å². The van der Waals surface area contributed by atoms with Gasteiger partial charge < -0.3 is 20.1 Å². The third-order valence-electron chi connectivity index (χ3n) is 4.70. The lowest BCUT2D eigenvalue weighted by Gasteiger charge is -2.20. The number of nitrogens with one attached hydrogen (secondary N) is 2.